The Morgan fingerprint density at radius 2 is 1.48 bits per heavy atom. The van der Waals surface area contributed by atoms with E-state index in [1.165, 1.54) is 37.3 Å². The normalized spacial score (nSPS) is 18.7. The van der Waals surface area contributed by atoms with Crippen molar-refractivity contribution in [1.29, 1.82) is 0 Å². The summed E-state index contributed by atoms with van der Waals surface area (Å²) in [4.78, 5) is 54.3. The average Bonchev–Trinajstić information content (AvgIpc) is 3.46. The van der Waals surface area contributed by atoms with Gasteiger partial charge in [-0.05, 0) is 77.3 Å². The molecule has 0 aliphatic carbocycles. The first-order valence-electron chi connectivity index (χ1n) is 16.7. The van der Waals surface area contributed by atoms with E-state index in [0.29, 0.717) is 24.9 Å². The van der Waals surface area contributed by atoms with Gasteiger partial charge in [0.2, 0.25) is 24.1 Å². The Morgan fingerprint density at radius 1 is 0.909 bits per heavy atom. The fourth-order valence-electron chi connectivity index (χ4n) is 5.14. The van der Waals surface area contributed by atoms with Crippen molar-refractivity contribution in [3.8, 4) is 0 Å². The number of piperidine rings is 1. The van der Waals surface area contributed by atoms with Crippen LogP contribution in [0.15, 0.2) is 11.6 Å². The number of hydrogen-bond acceptors (Lipinski definition) is 6. The molecule has 2 aliphatic rings. The summed E-state index contributed by atoms with van der Waals surface area (Å²) in [5, 5.41) is 14.7. The largest absolute Gasteiger partial charge is 0.394 e. The molecule has 0 spiro atoms. The quantitative estimate of drug-likeness (QED) is 0.224. The van der Waals surface area contributed by atoms with Gasteiger partial charge in [0, 0.05) is 25.2 Å². The van der Waals surface area contributed by atoms with Crippen molar-refractivity contribution in [3.63, 3.8) is 0 Å². The summed E-state index contributed by atoms with van der Waals surface area (Å²) in [5.74, 6) is 0.209. The zero-order chi connectivity index (χ0) is 34.0. The molecular formula is C34H65N5O5. The SMILES string of the molecule is C/C(=C\C(C(C)C)N(C)C(=O)CNC=O)C(=O)N1CCC[C@H]1C(=O)NC(CO)C(C)C.CC(C)C.CC(C)N1CCCCC1. The summed E-state index contributed by atoms with van der Waals surface area (Å²) < 4.78 is 0. The maximum absolute atomic E-state index is 13.1. The molecule has 0 radical (unpaired) electrons. The Bertz CT molecular complexity index is 881. The Labute approximate surface area is 268 Å². The monoisotopic (exact) mass is 623 g/mol. The maximum Gasteiger partial charge on any atom is 0.249 e. The lowest BCUT2D eigenvalue weighted by Crippen LogP contribution is -2.51. The molecule has 2 rings (SSSR count). The van der Waals surface area contributed by atoms with Gasteiger partial charge in [0.25, 0.3) is 0 Å². The van der Waals surface area contributed by atoms with E-state index in [4.69, 9.17) is 0 Å². The first kappa shape index (κ1) is 41.5. The molecule has 0 aromatic carbocycles. The highest BCUT2D eigenvalue weighted by Gasteiger charge is 2.36. The highest BCUT2D eigenvalue weighted by molar-refractivity contribution is 5.97. The minimum Gasteiger partial charge on any atom is -0.394 e. The Morgan fingerprint density at radius 3 is 1.91 bits per heavy atom. The number of carbonyl (C=O) groups excluding carboxylic acids is 4. The zero-order valence-electron chi connectivity index (χ0n) is 29.7. The minimum atomic E-state index is -0.572. The molecule has 2 aliphatic heterocycles. The predicted molar refractivity (Wildman–Crippen MR) is 179 cm³/mol. The van der Waals surface area contributed by atoms with Crippen molar-refractivity contribution in [2.75, 3.05) is 39.8 Å². The van der Waals surface area contributed by atoms with Crippen molar-refractivity contribution in [3.05, 3.63) is 11.6 Å². The van der Waals surface area contributed by atoms with E-state index in [0.717, 1.165) is 18.4 Å². The number of aliphatic hydroxyl groups excluding tert-OH is 1. The van der Waals surface area contributed by atoms with Crippen molar-refractivity contribution >= 4 is 24.1 Å². The van der Waals surface area contributed by atoms with Crippen LogP contribution in [0, 0.1) is 17.8 Å². The van der Waals surface area contributed by atoms with Crippen LogP contribution in [-0.4, -0.2) is 108 Å². The summed E-state index contributed by atoms with van der Waals surface area (Å²) in [6, 6.07) is -0.492. The van der Waals surface area contributed by atoms with Crippen LogP contribution in [0.1, 0.15) is 101 Å². The Balaban J connectivity index is 0.00000117. The molecule has 10 nitrogen and oxygen atoms in total. The van der Waals surface area contributed by atoms with Crippen molar-refractivity contribution < 1.29 is 24.3 Å². The smallest absolute Gasteiger partial charge is 0.249 e. The first-order chi connectivity index (χ1) is 20.6. The summed E-state index contributed by atoms with van der Waals surface area (Å²) in [7, 11) is 1.64. The van der Waals surface area contributed by atoms with Gasteiger partial charge in [0.05, 0.1) is 25.2 Å². The summed E-state index contributed by atoms with van der Waals surface area (Å²) in [5.41, 5.74) is 0.462. The third-order valence-corrected chi connectivity index (χ3v) is 7.88. The average molecular weight is 624 g/mol. The van der Waals surface area contributed by atoms with E-state index in [9.17, 15) is 24.3 Å². The highest BCUT2D eigenvalue weighted by Crippen LogP contribution is 2.22. The van der Waals surface area contributed by atoms with Crippen LogP contribution in [0.2, 0.25) is 0 Å². The molecule has 2 unspecified atom stereocenters. The molecule has 4 amide bonds. The molecule has 3 atom stereocenters. The maximum atomic E-state index is 13.1. The van der Waals surface area contributed by atoms with Crippen molar-refractivity contribution in [1.82, 2.24) is 25.3 Å². The molecule has 10 heteroatoms. The van der Waals surface area contributed by atoms with Crippen LogP contribution in [0.4, 0.5) is 0 Å². The number of carbonyl (C=O) groups is 4. The Kier molecular flexibility index (Phi) is 20.9. The van der Waals surface area contributed by atoms with Crippen LogP contribution < -0.4 is 10.6 Å². The molecule has 2 saturated heterocycles. The Hall–Kier alpha value is -2.46. The lowest BCUT2D eigenvalue weighted by atomic mass is 9.99. The van der Waals surface area contributed by atoms with Gasteiger partial charge in [-0.25, -0.2) is 0 Å². The highest BCUT2D eigenvalue weighted by atomic mass is 16.3. The number of aliphatic hydroxyl groups is 1. The van der Waals surface area contributed by atoms with Crippen LogP contribution >= 0.6 is 0 Å². The van der Waals surface area contributed by atoms with E-state index < -0.39 is 6.04 Å². The molecule has 3 N–H and O–H groups in total. The molecule has 44 heavy (non-hydrogen) atoms. The summed E-state index contributed by atoms with van der Waals surface area (Å²) >= 11 is 0. The molecule has 0 aromatic rings. The van der Waals surface area contributed by atoms with Gasteiger partial charge in [-0.1, -0.05) is 61.0 Å². The van der Waals surface area contributed by atoms with Gasteiger partial charge in [-0.2, -0.15) is 0 Å². The van der Waals surface area contributed by atoms with Crippen molar-refractivity contribution in [2.24, 2.45) is 17.8 Å². The molecule has 256 valence electrons. The van der Waals surface area contributed by atoms with Crippen LogP contribution in [0.25, 0.3) is 0 Å². The number of likely N-dealkylation sites (N-methyl/N-ethyl adjacent to an activating group) is 1. The second-order valence-corrected chi connectivity index (χ2v) is 13.7. The lowest BCUT2D eigenvalue weighted by molar-refractivity contribution is -0.136. The van der Waals surface area contributed by atoms with Gasteiger partial charge in [0.15, 0.2) is 0 Å². The number of rotatable bonds is 12. The fourth-order valence-corrected chi connectivity index (χ4v) is 5.14. The minimum absolute atomic E-state index is 0.0435. The van der Waals surface area contributed by atoms with Crippen LogP contribution in [0.5, 0.6) is 0 Å². The van der Waals surface area contributed by atoms with Gasteiger partial charge < -0.3 is 30.4 Å². The van der Waals surface area contributed by atoms with E-state index >= 15 is 0 Å². The van der Waals surface area contributed by atoms with Gasteiger partial charge in [-0.15, -0.1) is 0 Å². The number of hydrogen-bond donors (Lipinski definition) is 3. The second kappa shape index (κ2) is 22.1. The first-order valence-corrected chi connectivity index (χ1v) is 16.7. The molecule has 2 heterocycles. The van der Waals surface area contributed by atoms with E-state index in [1.807, 2.05) is 27.7 Å². The number of nitrogens with zero attached hydrogens (tertiary/aromatic N) is 3. The predicted octanol–water partition coefficient (Wildman–Crippen LogP) is 3.83. The summed E-state index contributed by atoms with van der Waals surface area (Å²) in [6.07, 6.45) is 7.81. The summed E-state index contributed by atoms with van der Waals surface area (Å²) in [6.45, 7) is 23.4. The lowest BCUT2D eigenvalue weighted by Gasteiger charge is -2.31. The van der Waals surface area contributed by atoms with Crippen LogP contribution in [0.3, 0.4) is 0 Å². The molecule has 0 saturated carbocycles. The zero-order valence-corrected chi connectivity index (χ0v) is 29.7. The molecule has 0 bridgehead atoms. The van der Waals surface area contributed by atoms with Crippen LogP contribution in [-0.2, 0) is 19.2 Å². The third kappa shape index (κ3) is 15.5. The standard InChI is InChI=1S/C22H38N4O5.C8H17N.C4H10/c1-14(2)17(12-27)24-21(30)18-8-7-9-26(18)22(31)16(5)10-19(15(3)4)25(6)20(29)11-23-13-28;1-8(2)9-6-4-3-5-7-9;1-4(2)3/h10,13-15,17-19,27H,7-9,11-12H2,1-6H3,(H,23,28)(H,24,30);8H,3-7H2,1-2H3;4H,1-3H3/b16-10+;;/t17?,18-,19?;;/m0../s1. The number of nitrogens with one attached hydrogen (secondary N) is 2. The van der Waals surface area contributed by atoms with E-state index in [2.05, 4.69) is 50.2 Å². The molecule has 2 fully saturated rings. The van der Waals surface area contributed by atoms with E-state index in [-0.39, 0.29) is 54.8 Å². The topological polar surface area (TPSA) is 122 Å². The molecule has 0 aromatic heterocycles. The van der Waals surface area contributed by atoms with Gasteiger partial charge in [0.1, 0.15) is 6.04 Å². The molecular weight excluding hydrogens is 558 g/mol. The number of likely N-dealkylation sites (tertiary alicyclic amines) is 2. The van der Waals surface area contributed by atoms with Gasteiger partial charge >= 0.3 is 0 Å². The third-order valence-electron chi connectivity index (χ3n) is 7.88. The van der Waals surface area contributed by atoms with Crippen molar-refractivity contribution in [2.45, 2.75) is 126 Å². The number of amides is 4. The fraction of sp³-hybridized carbons (Fsp3) is 0.824. The second-order valence-electron chi connectivity index (χ2n) is 13.7. The van der Waals surface area contributed by atoms with Gasteiger partial charge in [-0.3, -0.25) is 19.2 Å². The van der Waals surface area contributed by atoms with E-state index in [1.54, 1.807) is 24.9 Å².